The molecule has 0 radical (unpaired) electrons. The van der Waals surface area contributed by atoms with Crippen molar-refractivity contribution in [2.75, 3.05) is 39.9 Å². The molecule has 2 aliphatic rings. The number of rotatable bonds is 6. The minimum absolute atomic E-state index is 0.814. The zero-order chi connectivity index (χ0) is 10.5. The molecule has 0 unspecified atom stereocenters. The normalized spacial score (nSPS) is 22.9. The molecule has 0 amide bonds. The Hall–Kier alpha value is -0.380. The fourth-order valence-electron chi connectivity index (χ4n) is 1.99. The van der Waals surface area contributed by atoms with Crippen LogP contribution in [0.2, 0.25) is 0 Å². The van der Waals surface area contributed by atoms with E-state index in [4.69, 9.17) is 4.74 Å². The van der Waals surface area contributed by atoms with Crippen LogP contribution in [0.3, 0.4) is 0 Å². The Kier molecular flexibility index (Phi) is 4.18. The molecule has 1 aliphatic heterocycles. The molecule has 0 aromatic rings. The fraction of sp³-hybridized carbons (Fsp3) is 0.833. The summed E-state index contributed by atoms with van der Waals surface area (Å²) in [4.78, 5) is 2.51. The van der Waals surface area contributed by atoms with Gasteiger partial charge in [0.2, 0.25) is 0 Å². The first-order valence-corrected chi connectivity index (χ1v) is 6.01. The molecule has 1 N–H and O–H groups in total. The van der Waals surface area contributed by atoms with Gasteiger partial charge < -0.3 is 10.1 Å². The van der Waals surface area contributed by atoms with Crippen LogP contribution in [0.5, 0.6) is 0 Å². The van der Waals surface area contributed by atoms with E-state index in [-0.39, 0.29) is 0 Å². The lowest BCUT2D eigenvalue weighted by molar-refractivity contribution is 0.211. The summed E-state index contributed by atoms with van der Waals surface area (Å²) in [5.74, 6) is 0. The zero-order valence-corrected chi connectivity index (χ0v) is 9.67. The Labute approximate surface area is 92.5 Å². The predicted molar refractivity (Wildman–Crippen MR) is 62.0 cm³/mol. The summed E-state index contributed by atoms with van der Waals surface area (Å²) in [5.41, 5.74) is 1.46. The van der Waals surface area contributed by atoms with Crippen molar-refractivity contribution in [2.24, 2.45) is 0 Å². The van der Waals surface area contributed by atoms with E-state index in [9.17, 15) is 0 Å². The van der Waals surface area contributed by atoms with Crippen LogP contribution in [0, 0.1) is 0 Å². The van der Waals surface area contributed by atoms with Crippen LogP contribution in [-0.4, -0.2) is 50.8 Å². The third-order valence-corrected chi connectivity index (χ3v) is 3.16. The van der Waals surface area contributed by atoms with Gasteiger partial charge in [-0.1, -0.05) is 6.08 Å². The molecule has 3 nitrogen and oxygen atoms in total. The van der Waals surface area contributed by atoms with Crippen molar-refractivity contribution in [2.45, 2.75) is 25.3 Å². The van der Waals surface area contributed by atoms with E-state index in [1.165, 1.54) is 37.9 Å². The van der Waals surface area contributed by atoms with Crippen LogP contribution in [0.25, 0.3) is 0 Å². The number of nitrogens with one attached hydrogen (secondary N) is 1. The van der Waals surface area contributed by atoms with Gasteiger partial charge in [0.15, 0.2) is 0 Å². The number of ether oxygens (including phenoxy) is 1. The van der Waals surface area contributed by atoms with Crippen LogP contribution in [0.15, 0.2) is 11.6 Å². The average molecular weight is 210 g/mol. The first-order valence-electron chi connectivity index (χ1n) is 6.01. The summed E-state index contributed by atoms with van der Waals surface area (Å²) in [6.07, 6.45) is 6.27. The summed E-state index contributed by atoms with van der Waals surface area (Å²) in [5, 5.41) is 3.55. The Morgan fingerprint density at radius 1 is 1.53 bits per heavy atom. The Balaban J connectivity index is 1.59. The standard InChI is InChI=1S/C12H22N2O/c1-15-10-11-4-7-14(8-5-11)9-6-13-12-2-3-12/h4,12-13H,2-3,5-10H2,1H3. The zero-order valence-electron chi connectivity index (χ0n) is 9.67. The second-order valence-electron chi connectivity index (χ2n) is 4.57. The van der Waals surface area contributed by atoms with E-state index in [1.807, 2.05) is 0 Å². The minimum Gasteiger partial charge on any atom is -0.380 e. The van der Waals surface area contributed by atoms with E-state index in [2.05, 4.69) is 16.3 Å². The molecule has 0 atom stereocenters. The summed E-state index contributed by atoms with van der Waals surface area (Å²) in [6.45, 7) is 5.45. The van der Waals surface area contributed by atoms with Gasteiger partial charge in [-0.3, -0.25) is 4.90 Å². The van der Waals surface area contributed by atoms with Gasteiger partial charge in [-0.25, -0.2) is 0 Å². The highest BCUT2D eigenvalue weighted by Gasteiger charge is 2.20. The van der Waals surface area contributed by atoms with Crippen molar-refractivity contribution in [1.82, 2.24) is 10.2 Å². The van der Waals surface area contributed by atoms with Crippen LogP contribution >= 0.6 is 0 Å². The van der Waals surface area contributed by atoms with Crippen molar-refractivity contribution >= 4 is 0 Å². The molecule has 1 fully saturated rings. The van der Waals surface area contributed by atoms with E-state index >= 15 is 0 Å². The lowest BCUT2D eigenvalue weighted by atomic mass is 10.1. The monoisotopic (exact) mass is 210 g/mol. The van der Waals surface area contributed by atoms with Gasteiger partial charge in [-0.15, -0.1) is 0 Å². The molecule has 0 spiro atoms. The quantitative estimate of drug-likeness (QED) is 0.662. The maximum atomic E-state index is 5.14. The molecule has 0 aromatic carbocycles. The van der Waals surface area contributed by atoms with E-state index in [0.29, 0.717) is 0 Å². The van der Waals surface area contributed by atoms with Crippen LogP contribution in [0.1, 0.15) is 19.3 Å². The molecule has 15 heavy (non-hydrogen) atoms. The Morgan fingerprint density at radius 3 is 3.00 bits per heavy atom. The first-order chi connectivity index (χ1) is 7.38. The predicted octanol–water partition coefficient (Wildman–Crippen LogP) is 1.02. The van der Waals surface area contributed by atoms with E-state index in [1.54, 1.807) is 7.11 Å². The largest absolute Gasteiger partial charge is 0.380 e. The minimum atomic E-state index is 0.814. The molecule has 86 valence electrons. The van der Waals surface area contributed by atoms with Gasteiger partial charge in [-0.2, -0.15) is 0 Å². The lowest BCUT2D eigenvalue weighted by Gasteiger charge is -2.26. The van der Waals surface area contributed by atoms with Crippen LogP contribution in [0.4, 0.5) is 0 Å². The van der Waals surface area contributed by atoms with Gasteiger partial charge in [0.1, 0.15) is 0 Å². The van der Waals surface area contributed by atoms with E-state index < -0.39 is 0 Å². The van der Waals surface area contributed by atoms with Crippen LogP contribution in [-0.2, 0) is 4.74 Å². The number of hydrogen-bond donors (Lipinski definition) is 1. The maximum Gasteiger partial charge on any atom is 0.0673 e. The molecule has 0 aromatic heterocycles. The number of nitrogens with zero attached hydrogens (tertiary/aromatic N) is 1. The van der Waals surface area contributed by atoms with Crippen molar-refractivity contribution < 1.29 is 4.74 Å². The molecule has 2 rings (SSSR count). The number of hydrogen-bond acceptors (Lipinski definition) is 3. The Morgan fingerprint density at radius 2 is 2.40 bits per heavy atom. The highest BCUT2D eigenvalue weighted by atomic mass is 16.5. The second-order valence-corrected chi connectivity index (χ2v) is 4.57. The SMILES string of the molecule is COCC1=CCN(CCNC2CC2)CC1. The molecular formula is C12H22N2O. The van der Waals surface area contributed by atoms with Gasteiger partial charge in [0, 0.05) is 39.3 Å². The summed E-state index contributed by atoms with van der Waals surface area (Å²) in [6, 6.07) is 0.842. The third-order valence-electron chi connectivity index (χ3n) is 3.16. The second kappa shape index (κ2) is 5.64. The van der Waals surface area contributed by atoms with Gasteiger partial charge in [0.25, 0.3) is 0 Å². The van der Waals surface area contributed by atoms with Crippen molar-refractivity contribution in [1.29, 1.82) is 0 Å². The van der Waals surface area contributed by atoms with Crippen LogP contribution < -0.4 is 5.32 Å². The molecule has 0 saturated heterocycles. The van der Waals surface area contributed by atoms with Gasteiger partial charge in [0.05, 0.1) is 6.61 Å². The van der Waals surface area contributed by atoms with Crippen molar-refractivity contribution in [3.8, 4) is 0 Å². The maximum absolute atomic E-state index is 5.14. The summed E-state index contributed by atoms with van der Waals surface area (Å²) >= 11 is 0. The molecule has 3 heteroatoms. The molecule has 1 aliphatic carbocycles. The topological polar surface area (TPSA) is 24.5 Å². The van der Waals surface area contributed by atoms with Crippen molar-refractivity contribution in [3.63, 3.8) is 0 Å². The summed E-state index contributed by atoms with van der Waals surface area (Å²) < 4.78 is 5.14. The van der Waals surface area contributed by atoms with E-state index in [0.717, 1.165) is 25.7 Å². The van der Waals surface area contributed by atoms with Gasteiger partial charge in [-0.05, 0) is 24.8 Å². The first kappa shape index (κ1) is 11.1. The molecule has 1 heterocycles. The molecular weight excluding hydrogens is 188 g/mol. The Bertz CT molecular complexity index is 224. The molecule has 0 bridgehead atoms. The van der Waals surface area contributed by atoms with Gasteiger partial charge >= 0.3 is 0 Å². The number of methoxy groups -OCH3 is 1. The highest BCUT2D eigenvalue weighted by Crippen LogP contribution is 2.18. The molecule has 1 saturated carbocycles. The highest BCUT2D eigenvalue weighted by molar-refractivity contribution is 5.07. The average Bonchev–Trinajstić information content (AvgIpc) is 3.05. The van der Waals surface area contributed by atoms with Crippen molar-refractivity contribution in [3.05, 3.63) is 11.6 Å². The third kappa shape index (κ3) is 3.93. The summed E-state index contributed by atoms with van der Waals surface area (Å²) in [7, 11) is 1.77. The fourth-order valence-corrected chi connectivity index (χ4v) is 1.99. The smallest absolute Gasteiger partial charge is 0.0673 e. The lowest BCUT2D eigenvalue weighted by Crippen LogP contribution is -2.36.